The van der Waals surface area contributed by atoms with Gasteiger partial charge in [0.1, 0.15) is 0 Å². The van der Waals surface area contributed by atoms with Gasteiger partial charge in [0.25, 0.3) is 11.8 Å². The molecule has 2 amide bonds. The van der Waals surface area contributed by atoms with E-state index in [1.807, 2.05) is 30.3 Å². The molecular formula is C18H12N2O2S. The van der Waals surface area contributed by atoms with Gasteiger partial charge in [0, 0.05) is 17.5 Å². The molecule has 0 atom stereocenters. The van der Waals surface area contributed by atoms with E-state index in [-0.39, 0.29) is 11.8 Å². The number of carbonyl (C=O) groups is 2. The third-order valence-electron chi connectivity index (χ3n) is 3.75. The molecule has 2 aromatic carbocycles. The molecule has 0 unspecified atom stereocenters. The molecule has 0 fully saturated rings. The van der Waals surface area contributed by atoms with Crippen LogP contribution in [0, 0.1) is 0 Å². The minimum atomic E-state index is -0.300. The Balaban J connectivity index is 1.63. The highest BCUT2D eigenvalue weighted by Crippen LogP contribution is 2.31. The number of fused-ring (bicyclic) bond motifs is 1. The highest BCUT2D eigenvalue weighted by atomic mass is 32.1. The van der Waals surface area contributed by atoms with Crippen molar-refractivity contribution in [3.05, 3.63) is 82.4 Å². The first kappa shape index (κ1) is 13.8. The minimum Gasteiger partial charge on any atom is -0.268 e. The van der Waals surface area contributed by atoms with Crippen LogP contribution in [-0.4, -0.2) is 16.8 Å². The van der Waals surface area contributed by atoms with Crippen molar-refractivity contribution in [1.82, 2.24) is 4.98 Å². The van der Waals surface area contributed by atoms with Gasteiger partial charge in [0.2, 0.25) is 0 Å². The number of hydrogen-bond donors (Lipinski definition) is 0. The standard InChI is InChI=1S/C18H12N2O2S/c21-16-14-8-4-5-9-15(14)17(22)20(16)18-19-11-13(23-18)10-12-6-2-1-3-7-12/h1-9,11H,10H2. The second-order valence-corrected chi connectivity index (χ2v) is 6.36. The van der Waals surface area contributed by atoms with Gasteiger partial charge in [-0.15, -0.1) is 11.3 Å². The van der Waals surface area contributed by atoms with Crippen LogP contribution >= 0.6 is 11.3 Å². The van der Waals surface area contributed by atoms with Crippen LogP contribution in [0.3, 0.4) is 0 Å². The normalized spacial score (nSPS) is 13.5. The number of hydrogen-bond acceptors (Lipinski definition) is 4. The zero-order valence-corrected chi connectivity index (χ0v) is 12.9. The minimum absolute atomic E-state index is 0.300. The number of benzene rings is 2. The highest BCUT2D eigenvalue weighted by molar-refractivity contribution is 7.16. The van der Waals surface area contributed by atoms with E-state index in [0.717, 1.165) is 11.3 Å². The third-order valence-corrected chi connectivity index (χ3v) is 4.73. The molecule has 0 bridgehead atoms. The second kappa shape index (κ2) is 5.44. The molecule has 1 aliphatic rings. The number of imide groups is 1. The summed E-state index contributed by atoms with van der Waals surface area (Å²) in [6.07, 6.45) is 2.47. The number of anilines is 1. The van der Waals surface area contributed by atoms with Crippen molar-refractivity contribution < 1.29 is 9.59 Å². The lowest BCUT2D eigenvalue weighted by molar-refractivity contribution is 0.0926. The summed E-state index contributed by atoms with van der Waals surface area (Å²) >= 11 is 1.38. The van der Waals surface area contributed by atoms with Gasteiger partial charge in [0.15, 0.2) is 5.13 Å². The van der Waals surface area contributed by atoms with E-state index in [0.29, 0.717) is 16.3 Å². The fourth-order valence-electron chi connectivity index (χ4n) is 2.64. The Kier molecular flexibility index (Phi) is 3.28. The van der Waals surface area contributed by atoms with Crippen LogP contribution in [0.4, 0.5) is 5.13 Å². The summed E-state index contributed by atoms with van der Waals surface area (Å²) in [5.74, 6) is -0.600. The highest BCUT2D eigenvalue weighted by Gasteiger charge is 2.37. The number of amides is 2. The van der Waals surface area contributed by atoms with Gasteiger partial charge in [-0.25, -0.2) is 9.88 Å². The molecule has 1 aliphatic heterocycles. The zero-order valence-electron chi connectivity index (χ0n) is 12.1. The lowest BCUT2D eigenvalue weighted by Gasteiger charge is -2.08. The average Bonchev–Trinajstić information content (AvgIpc) is 3.12. The molecule has 0 saturated carbocycles. The smallest absolute Gasteiger partial charge is 0.268 e. The summed E-state index contributed by atoms with van der Waals surface area (Å²) in [7, 11) is 0. The van der Waals surface area contributed by atoms with Crippen LogP contribution < -0.4 is 4.90 Å². The number of rotatable bonds is 3. The van der Waals surface area contributed by atoms with Crippen molar-refractivity contribution in [2.45, 2.75) is 6.42 Å². The fourth-order valence-corrected chi connectivity index (χ4v) is 3.58. The van der Waals surface area contributed by atoms with Crippen molar-refractivity contribution in [3.8, 4) is 0 Å². The van der Waals surface area contributed by atoms with E-state index in [2.05, 4.69) is 4.98 Å². The molecule has 4 nitrogen and oxygen atoms in total. The second-order valence-electron chi connectivity index (χ2n) is 5.26. The zero-order chi connectivity index (χ0) is 15.8. The number of aromatic nitrogens is 1. The van der Waals surface area contributed by atoms with E-state index in [1.54, 1.807) is 30.5 Å². The van der Waals surface area contributed by atoms with Gasteiger partial charge in [0.05, 0.1) is 11.1 Å². The maximum atomic E-state index is 12.4. The van der Waals surface area contributed by atoms with E-state index in [4.69, 9.17) is 0 Å². The molecule has 5 heteroatoms. The molecule has 2 heterocycles. The first-order chi connectivity index (χ1) is 11.2. The lowest BCUT2D eigenvalue weighted by atomic mass is 10.1. The first-order valence-corrected chi connectivity index (χ1v) is 8.02. The van der Waals surface area contributed by atoms with Crippen LogP contribution in [-0.2, 0) is 6.42 Å². The van der Waals surface area contributed by atoms with Gasteiger partial charge in [-0.05, 0) is 17.7 Å². The maximum absolute atomic E-state index is 12.4. The van der Waals surface area contributed by atoms with Gasteiger partial charge in [-0.2, -0.15) is 0 Å². The van der Waals surface area contributed by atoms with E-state index < -0.39 is 0 Å². The Labute approximate surface area is 137 Å². The van der Waals surface area contributed by atoms with Crippen LogP contribution in [0.15, 0.2) is 60.8 Å². The van der Waals surface area contributed by atoms with Crippen LogP contribution in [0.5, 0.6) is 0 Å². The Bertz CT molecular complexity index is 867. The van der Waals surface area contributed by atoms with E-state index >= 15 is 0 Å². The van der Waals surface area contributed by atoms with Crippen molar-refractivity contribution in [2.24, 2.45) is 0 Å². The number of nitrogens with zero attached hydrogens (tertiary/aromatic N) is 2. The molecule has 4 rings (SSSR count). The quantitative estimate of drug-likeness (QED) is 0.694. The SMILES string of the molecule is O=C1c2ccccc2C(=O)N1c1ncc(Cc2ccccc2)s1. The van der Waals surface area contributed by atoms with Crippen molar-refractivity contribution in [1.29, 1.82) is 0 Å². The summed E-state index contributed by atoms with van der Waals surface area (Å²) in [5, 5.41) is 0.433. The molecule has 0 radical (unpaired) electrons. The van der Waals surface area contributed by atoms with Gasteiger partial charge >= 0.3 is 0 Å². The van der Waals surface area contributed by atoms with Crippen LogP contribution in [0.1, 0.15) is 31.2 Å². The van der Waals surface area contributed by atoms with Crippen molar-refractivity contribution >= 4 is 28.3 Å². The topological polar surface area (TPSA) is 50.3 Å². The third kappa shape index (κ3) is 2.35. The average molecular weight is 320 g/mol. The first-order valence-electron chi connectivity index (χ1n) is 7.20. The predicted molar refractivity (Wildman–Crippen MR) is 88.9 cm³/mol. The Morgan fingerprint density at radius 2 is 1.48 bits per heavy atom. The largest absolute Gasteiger partial charge is 0.268 e. The maximum Gasteiger partial charge on any atom is 0.268 e. The number of carbonyl (C=O) groups excluding carboxylic acids is 2. The van der Waals surface area contributed by atoms with Gasteiger partial charge < -0.3 is 0 Å². The molecular weight excluding hydrogens is 308 g/mol. The molecule has 0 saturated heterocycles. The molecule has 0 N–H and O–H groups in total. The molecule has 112 valence electrons. The molecule has 0 aliphatic carbocycles. The summed E-state index contributed by atoms with van der Waals surface area (Å²) in [5.41, 5.74) is 2.06. The molecule has 0 spiro atoms. The Morgan fingerprint density at radius 1 is 0.870 bits per heavy atom. The van der Waals surface area contributed by atoms with E-state index in [1.165, 1.54) is 21.8 Å². The van der Waals surface area contributed by atoms with Crippen molar-refractivity contribution in [2.75, 3.05) is 4.90 Å². The van der Waals surface area contributed by atoms with Gasteiger partial charge in [-0.1, -0.05) is 42.5 Å². The summed E-state index contributed by atoms with van der Waals surface area (Å²) in [6.45, 7) is 0. The Morgan fingerprint density at radius 3 is 2.13 bits per heavy atom. The van der Waals surface area contributed by atoms with Gasteiger partial charge in [-0.3, -0.25) is 9.59 Å². The Hall–Kier alpha value is -2.79. The number of thiazole rings is 1. The van der Waals surface area contributed by atoms with Crippen molar-refractivity contribution in [3.63, 3.8) is 0 Å². The lowest BCUT2D eigenvalue weighted by Crippen LogP contribution is -2.29. The predicted octanol–water partition coefficient (Wildman–Crippen LogP) is 3.53. The summed E-state index contributed by atoms with van der Waals surface area (Å²) in [4.78, 5) is 31.4. The molecule has 3 aromatic rings. The molecule has 1 aromatic heterocycles. The monoisotopic (exact) mass is 320 g/mol. The van der Waals surface area contributed by atoms with E-state index in [9.17, 15) is 9.59 Å². The summed E-state index contributed by atoms with van der Waals surface area (Å²) < 4.78 is 0. The molecule has 23 heavy (non-hydrogen) atoms. The van der Waals surface area contributed by atoms with Crippen LogP contribution in [0.2, 0.25) is 0 Å². The fraction of sp³-hybridized carbons (Fsp3) is 0.0556. The summed E-state index contributed by atoms with van der Waals surface area (Å²) in [6, 6.07) is 16.9. The van der Waals surface area contributed by atoms with Crippen LogP contribution in [0.25, 0.3) is 0 Å².